The molecule has 0 bridgehead atoms. The van der Waals surface area contributed by atoms with Crippen molar-refractivity contribution in [2.45, 2.75) is 25.8 Å². The van der Waals surface area contributed by atoms with Crippen LogP contribution in [0.4, 0.5) is 0 Å². The van der Waals surface area contributed by atoms with Crippen molar-refractivity contribution in [1.29, 1.82) is 0 Å². The zero-order valence-corrected chi connectivity index (χ0v) is 5.13. The Balaban J connectivity index is 2.41. The van der Waals surface area contributed by atoms with Crippen molar-refractivity contribution in [3.8, 4) is 0 Å². The predicted molar refractivity (Wildman–Crippen MR) is 31.5 cm³/mol. The maximum absolute atomic E-state index is 10.1. The molecule has 0 aromatic heterocycles. The summed E-state index contributed by atoms with van der Waals surface area (Å²) in [6, 6.07) is 0.493. The lowest BCUT2D eigenvalue weighted by molar-refractivity contribution is -0.118. The maximum Gasteiger partial charge on any atom is 0.209 e. The van der Waals surface area contributed by atoms with Gasteiger partial charge in [0.1, 0.15) is 0 Å². The number of hydrogen-bond donors (Lipinski definition) is 0. The van der Waals surface area contributed by atoms with Crippen LogP contribution in [0.5, 0.6) is 0 Å². The van der Waals surface area contributed by atoms with Gasteiger partial charge in [-0.15, -0.1) is 0 Å². The highest BCUT2D eigenvalue weighted by molar-refractivity contribution is 5.48. The van der Waals surface area contributed by atoms with Gasteiger partial charge in [-0.05, 0) is 19.8 Å². The van der Waals surface area contributed by atoms with Crippen LogP contribution in [0, 0.1) is 0 Å². The molecule has 0 radical (unpaired) electrons. The SMILES string of the molecule is CC1CCCN1C=O. The Labute approximate surface area is 49.5 Å². The van der Waals surface area contributed by atoms with Gasteiger partial charge in [-0.2, -0.15) is 0 Å². The van der Waals surface area contributed by atoms with Crippen molar-refractivity contribution in [3.05, 3.63) is 0 Å². The molecular weight excluding hydrogens is 102 g/mol. The van der Waals surface area contributed by atoms with E-state index in [4.69, 9.17) is 0 Å². The lowest BCUT2D eigenvalue weighted by atomic mass is 10.2. The van der Waals surface area contributed by atoms with Gasteiger partial charge in [-0.1, -0.05) is 0 Å². The highest BCUT2D eigenvalue weighted by atomic mass is 16.1. The number of rotatable bonds is 1. The molecule has 2 heteroatoms. The average Bonchev–Trinajstić information content (AvgIpc) is 2.14. The molecule has 0 aliphatic carbocycles. The molecule has 1 fully saturated rings. The van der Waals surface area contributed by atoms with E-state index in [0.717, 1.165) is 13.0 Å². The quantitative estimate of drug-likeness (QED) is 0.457. The molecular formula is C6H11NO. The van der Waals surface area contributed by atoms with Crippen LogP contribution in [0.1, 0.15) is 19.8 Å². The van der Waals surface area contributed by atoms with E-state index < -0.39 is 0 Å². The summed E-state index contributed by atoms with van der Waals surface area (Å²) in [5, 5.41) is 0. The molecule has 1 atom stereocenters. The summed E-state index contributed by atoms with van der Waals surface area (Å²) in [6.07, 6.45) is 3.30. The Kier molecular flexibility index (Phi) is 1.51. The topological polar surface area (TPSA) is 20.3 Å². The first-order valence-electron chi connectivity index (χ1n) is 3.05. The number of hydrogen-bond acceptors (Lipinski definition) is 1. The third kappa shape index (κ3) is 0.831. The van der Waals surface area contributed by atoms with Gasteiger partial charge >= 0.3 is 0 Å². The van der Waals surface area contributed by atoms with E-state index in [2.05, 4.69) is 6.92 Å². The fraction of sp³-hybridized carbons (Fsp3) is 0.833. The van der Waals surface area contributed by atoms with E-state index >= 15 is 0 Å². The van der Waals surface area contributed by atoms with Crippen LogP contribution in [0.2, 0.25) is 0 Å². The highest BCUT2D eigenvalue weighted by Gasteiger charge is 2.16. The molecule has 2 nitrogen and oxygen atoms in total. The highest BCUT2D eigenvalue weighted by Crippen LogP contribution is 2.12. The zero-order valence-electron chi connectivity index (χ0n) is 5.13. The first-order valence-corrected chi connectivity index (χ1v) is 3.05. The van der Waals surface area contributed by atoms with Crippen LogP contribution in [-0.4, -0.2) is 23.9 Å². The average molecular weight is 113 g/mol. The molecule has 1 rings (SSSR count). The molecule has 0 saturated carbocycles. The van der Waals surface area contributed by atoms with E-state index in [1.165, 1.54) is 12.8 Å². The summed E-state index contributed by atoms with van der Waals surface area (Å²) < 4.78 is 0. The van der Waals surface area contributed by atoms with Crippen LogP contribution >= 0.6 is 0 Å². The number of nitrogens with zero attached hydrogens (tertiary/aromatic N) is 1. The smallest absolute Gasteiger partial charge is 0.209 e. The van der Waals surface area contributed by atoms with Gasteiger partial charge in [0.15, 0.2) is 0 Å². The summed E-state index contributed by atoms with van der Waals surface area (Å²) in [6.45, 7) is 3.05. The molecule has 0 aromatic carbocycles. The first kappa shape index (κ1) is 5.60. The number of carbonyl (C=O) groups is 1. The van der Waals surface area contributed by atoms with Crippen molar-refractivity contribution in [3.63, 3.8) is 0 Å². The lowest BCUT2D eigenvalue weighted by Crippen LogP contribution is -2.24. The molecule has 1 saturated heterocycles. The van der Waals surface area contributed by atoms with Crippen molar-refractivity contribution >= 4 is 6.41 Å². The Morgan fingerprint density at radius 2 is 2.50 bits per heavy atom. The molecule has 46 valence electrons. The van der Waals surface area contributed by atoms with E-state index in [9.17, 15) is 4.79 Å². The fourth-order valence-electron chi connectivity index (χ4n) is 1.11. The molecule has 1 aliphatic rings. The molecule has 1 aliphatic heterocycles. The largest absolute Gasteiger partial charge is 0.343 e. The summed E-state index contributed by atoms with van der Waals surface area (Å²) in [4.78, 5) is 12.0. The van der Waals surface area contributed by atoms with E-state index in [-0.39, 0.29) is 0 Å². The van der Waals surface area contributed by atoms with Crippen LogP contribution in [0.15, 0.2) is 0 Å². The van der Waals surface area contributed by atoms with Gasteiger partial charge in [-0.3, -0.25) is 4.79 Å². The predicted octanol–water partition coefficient (Wildman–Crippen LogP) is 0.627. The molecule has 1 unspecified atom stereocenters. The fourth-order valence-corrected chi connectivity index (χ4v) is 1.11. The Bertz CT molecular complexity index is 92.5. The van der Waals surface area contributed by atoms with Crippen LogP contribution in [-0.2, 0) is 4.79 Å². The van der Waals surface area contributed by atoms with E-state index in [1.807, 2.05) is 4.90 Å². The monoisotopic (exact) mass is 113 g/mol. The van der Waals surface area contributed by atoms with Crippen LogP contribution in [0.3, 0.4) is 0 Å². The second kappa shape index (κ2) is 2.16. The number of amides is 1. The third-order valence-electron chi connectivity index (χ3n) is 1.74. The number of likely N-dealkylation sites (tertiary alicyclic amines) is 1. The summed E-state index contributed by atoms with van der Waals surface area (Å²) in [5.41, 5.74) is 0. The van der Waals surface area contributed by atoms with Crippen LogP contribution < -0.4 is 0 Å². The molecule has 0 N–H and O–H groups in total. The second-order valence-corrected chi connectivity index (χ2v) is 2.33. The van der Waals surface area contributed by atoms with E-state index in [0.29, 0.717) is 6.04 Å². The van der Waals surface area contributed by atoms with Gasteiger partial charge in [0, 0.05) is 12.6 Å². The van der Waals surface area contributed by atoms with Crippen molar-refractivity contribution < 1.29 is 4.79 Å². The molecule has 0 spiro atoms. The van der Waals surface area contributed by atoms with Gasteiger partial charge in [-0.25, -0.2) is 0 Å². The minimum Gasteiger partial charge on any atom is -0.343 e. The Morgan fingerprint density at radius 1 is 1.75 bits per heavy atom. The molecule has 1 heterocycles. The van der Waals surface area contributed by atoms with E-state index in [1.54, 1.807) is 0 Å². The third-order valence-corrected chi connectivity index (χ3v) is 1.74. The van der Waals surface area contributed by atoms with Crippen molar-refractivity contribution in [1.82, 2.24) is 4.90 Å². The molecule has 0 aromatic rings. The zero-order chi connectivity index (χ0) is 5.98. The minimum atomic E-state index is 0.493. The summed E-state index contributed by atoms with van der Waals surface area (Å²) in [5.74, 6) is 0. The van der Waals surface area contributed by atoms with Crippen molar-refractivity contribution in [2.24, 2.45) is 0 Å². The molecule has 8 heavy (non-hydrogen) atoms. The van der Waals surface area contributed by atoms with Crippen molar-refractivity contribution in [2.75, 3.05) is 6.54 Å². The van der Waals surface area contributed by atoms with Gasteiger partial charge in [0.05, 0.1) is 0 Å². The summed E-state index contributed by atoms with van der Waals surface area (Å²) >= 11 is 0. The van der Waals surface area contributed by atoms with Gasteiger partial charge in [0.2, 0.25) is 6.41 Å². The second-order valence-electron chi connectivity index (χ2n) is 2.33. The Morgan fingerprint density at radius 3 is 2.75 bits per heavy atom. The standard InChI is InChI=1S/C6H11NO/c1-6-3-2-4-7(6)5-8/h5-6H,2-4H2,1H3. The lowest BCUT2D eigenvalue weighted by Gasteiger charge is -2.13. The van der Waals surface area contributed by atoms with Gasteiger partial charge in [0.25, 0.3) is 0 Å². The maximum atomic E-state index is 10.1. The Hall–Kier alpha value is -0.530. The summed E-state index contributed by atoms with van der Waals surface area (Å²) in [7, 11) is 0. The first-order chi connectivity index (χ1) is 3.84. The molecule has 1 amide bonds. The normalized spacial score (nSPS) is 28.6. The van der Waals surface area contributed by atoms with Gasteiger partial charge < -0.3 is 4.90 Å². The minimum absolute atomic E-state index is 0.493. The van der Waals surface area contributed by atoms with Crippen LogP contribution in [0.25, 0.3) is 0 Å². The number of carbonyl (C=O) groups excluding carboxylic acids is 1.